The van der Waals surface area contributed by atoms with Crippen LogP contribution in [0, 0.1) is 0 Å². The van der Waals surface area contributed by atoms with Crippen molar-refractivity contribution in [2.75, 3.05) is 40.8 Å². The largest absolute Gasteiger partial charge is 0.497 e. The molecule has 50 heavy (non-hydrogen) atoms. The van der Waals surface area contributed by atoms with Crippen LogP contribution >= 0.6 is 0 Å². The molecule has 1 aliphatic carbocycles. The first-order chi connectivity index (χ1) is 23.8. The zero-order valence-electron chi connectivity index (χ0n) is 30.0. The molecule has 1 saturated heterocycles. The van der Waals surface area contributed by atoms with Gasteiger partial charge in [-0.15, -0.1) is 0 Å². The number of methoxy groups -OCH3 is 1. The van der Waals surface area contributed by atoms with Crippen LogP contribution in [0.25, 0.3) is 22.2 Å². The predicted octanol–water partition coefficient (Wildman–Crippen LogP) is 3.88. The molecule has 1 saturated carbocycles. The van der Waals surface area contributed by atoms with Crippen molar-refractivity contribution in [1.29, 1.82) is 0 Å². The summed E-state index contributed by atoms with van der Waals surface area (Å²) in [7, 11) is 0.432. The lowest BCUT2D eigenvalue weighted by Crippen LogP contribution is -2.60. The monoisotopic (exact) mass is 706 g/mol. The molecule has 3 heterocycles. The second-order valence-electron chi connectivity index (χ2n) is 14.4. The number of aromatic nitrogens is 1. The highest BCUT2D eigenvalue weighted by Gasteiger charge is 2.35. The summed E-state index contributed by atoms with van der Waals surface area (Å²) in [6, 6.07) is 11.4. The van der Waals surface area contributed by atoms with E-state index in [4.69, 9.17) is 4.74 Å². The Kier molecular flexibility index (Phi) is 10.3. The minimum Gasteiger partial charge on any atom is -0.497 e. The van der Waals surface area contributed by atoms with Crippen molar-refractivity contribution in [3.63, 3.8) is 0 Å². The summed E-state index contributed by atoms with van der Waals surface area (Å²) >= 11 is 0. The number of hydrogen-bond donors (Lipinski definition) is 2. The summed E-state index contributed by atoms with van der Waals surface area (Å²) in [6.45, 7) is 7.19. The maximum absolute atomic E-state index is 13.6. The Balaban J connectivity index is 1.39. The van der Waals surface area contributed by atoms with Gasteiger partial charge in [-0.1, -0.05) is 25.3 Å². The van der Waals surface area contributed by atoms with Crippen LogP contribution in [0.4, 0.5) is 0 Å². The summed E-state index contributed by atoms with van der Waals surface area (Å²) in [5.41, 5.74) is 5.71. The van der Waals surface area contributed by atoms with Crippen molar-refractivity contribution in [2.45, 2.75) is 89.9 Å². The van der Waals surface area contributed by atoms with Crippen LogP contribution in [0.5, 0.6) is 5.75 Å². The summed E-state index contributed by atoms with van der Waals surface area (Å²) in [5.74, 6) is 0.418. The van der Waals surface area contributed by atoms with E-state index in [0.717, 1.165) is 63.5 Å². The molecule has 0 radical (unpaired) electrons. The van der Waals surface area contributed by atoms with Gasteiger partial charge in [-0.2, -0.15) is 12.7 Å². The van der Waals surface area contributed by atoms with Crippen molar-refractivity contribution in [2.24, 2.45) is 0 Å². The smallest absolute Gasteiger partial charge is 0.303 e. The summed E-state index contributed by atoms with van der Waals surface area (Å²) < 4.78 is 36.2. The van der Waals surface area contributed by atoms with Crippen LogP contribution in [-0.2, 0) is 32.8 Å². The molecular weight excluding hydrogens is 657 g/mol. The molecule has 1 unspecified atom stereocenters. The first-order valence-corrected chi connectivity index (χ1v) is 19.1. The third kappa shape index (κ3) is 7.00. The third-order valence-corrected chi connectivity index (χ3v) is 12.1. The van der Waals surface area contributed by atoms with E-state index in [9.17, 15) is 22.8 Å². The molecular formula is C37H50N6O6S. The van der Waals surface area contributed by atoms with E-state index in [-0.39, 0.29) is 42.0 Å². The number of benzene rings is 2. The molecule has 1 aromatic heterocycles. The zero-order valence-corrected chi connectivity index (χ0v) is 30.8. The molecule has 6 rings (SSSR count). The van der Waals surface area contributed by atoms with Gasteiger partial charge in [-0.3, -0.25) is 14.4 Å². The van der Waals surface area contributed by atoms with Gasteiger partial charge >= 0.3 is 10.2 Å². The maximum atomic E-state index is 13.6. The number of carbonyl (C=O) groups is 3. The number of carbonyl (C=O) groups excluding carboxylic acids is 3. The van der Waals surface area contributed by atoms with Crippen molar-refractivity contribution >= 4 is 38.8 Å². The quantitative estimate of drug-likeness (QED) is 0.364. The molecule has 270 valence electrons. The molecule has 2 aromatic carbocycles. The molecule has 3 amide bonds. The molecule has 13 heteroatoms. The number of nitrogens with zero attached hydrogens (tertiary/aromatic N) is 4. The number of nitrogens with one attached hydrogen (secondary N) is 2. The van der Waals surface area contributed by atoms with Crippen LogP contribution < -0.4 is 14.8 Å². The fraction of sp³-hybridized carbons (Fsp3) is 0.541. The Morgan fingerprint density at radius 2 is 1.66 bits per heavy atom. The molecule has 2 N–H and O–H groups in total. The lowest BCUT2D eigenvalue weighted by atomic mass is 9.81. The van der Waals surface area contributed by atoms with Gasteiger partial charge in [0.1, 0.15) is 5.75 Å². The average Bonchev–Trinajstić information content (AvgIpc) is 3.29. The van der Waals surface area contributed by atoms with Crippen LogP contribution in [0.3, 0.4) is 0 Å². The van der Waals surface area contributed by atoms with Crippen molar-refractivity contribution in [3.8, 4) is 17.0 Å². The van der Waals surface area contributed by atoms with Crippen molar-refractivity contribution in [1.82, 2.24) is 28.7 Å². The predicted molar refractivity (Wildman–Crippen MR) is 193 cm³/mol. The molecule has 2 fully saturated rings. The molecule has 2 aliphatic heterocycles. The highest BCUT2D eigenvalue weighted by molar-refractivity contribution is 7.87. The van der Waals surface area contributed by atoms with E-state index < -0.39 is 16.1 Å². The maximum Gasteiger partial charge on any atom is 0.303 e. The molecule has 3 aliphatic rings. The lowest BCUT2D eigenvalue weighted by Gasteiger charge is -2.44. The van der Waals surface area contributed by atoms with Gasteiger partial charge < -0.3 is 24.4 Å². The Bertz CT molecular complexity index is 1890. The molecule has 3 atom stereocenters. The first-order valence-electron chi connectivity index (χ1n) is 17.7. The summed E-state index contributed by atoms with van der Waals surface area (Å²) in [4.78, 5) is 42.8. The van der Waals surface area contributed by atoms with Crippen molar-refractivity contribution in [3.05, 3.63) is 53.1 Å². The van der Waals surface area contributed by atoms with Gasteiger partial charge in [-0.25, -0.2) is 4.72 Å². The second kappa shape index (κ2) is 14.4. The number of ether oxygens (including phenoxy) is 1. The Hall–Kier alpha value is -3.94. The van der Waals surface area contributed by atoms with Gasteiger partial charge in [0, 0.05) is 80.8 Å². The fourth-order valence-electron chi connectivity index (χ4n) is 8.34. The number of amides is 3. The van der Waals surface area contributed by atoms with Crippen molar-refractivity contribution < 1.29 is 27.5 Å². The van der Waals surface area contributed by atoms with Gasteiger partial charge in [0.15, 0.2) is 0 Å². The normalized spacial score (nSPS) is 21.5. The Morgan fingerprint density at radius 3 is 2.30 bits per heavy atom. The number of hydrogen-bond acceptors (Lipinski definition) is 7. The van der Waals surface area contributed by atoms with E-state index in [1.807, 2.05) is 35.8 Å². The Labute approximate surface area is 295 Å². The fourth-order valence-corrected chi connectivity index (χ4v) is 8.88. The van der Waals surface area contributed by atoms with E-state index in [1.54, 1.807) is 26.2 Å². The first kappa shape index (κ1) is 35.9. The zero-order chi connectivity index (χ0) is 35.9. The van der Waals surface area contributed by atoms with E-state index in [0.29, 0.717) is 32.0 Å². The van der Waals surface area contributed by atoms with E-state index in [1.165, 1.54) is 26.1 Å². The topological polar surface area (TPSA) is 133 Å². The van der Waals surface area contributed by atoms with Gasteiger partial charge in [-0.05, 0) is 80.5 Å². The minimum atomic E-state index is -3.98. The molecule has 3 aromatic rings. The van der Waals surface area contributed by atoms with Crippen LogP contribution in [0.1, 0.15) is 80.3 Å². The Morgan fingerprint density at radius 1 is 0.960 bits per heavy atom. The third-order valence-electron chi connectivity index (χ3n) is 10.7. The van der Waals surface area contributed by atoms with Gasteiger partial charge in [0.2, 0.25) is 11.8 Å². The van der Waals surface area contributed by atoms with E-state index in [2.05, 4.69) is 26.7 Å². The second-order valence-corrected chi connectivity index (χ2v) is 16.3. The van der Waals surface area contributed by atoms with Gasteiger partial charge in [0.25, 0.3) is 5.91 Å². The standard InChI is InChI=1S/C37H50N6O6S/c1-23-20-41(21-24(2)43(23)25(3)44)34(45)19-38-29-16-28-17-30(49-6)13-15-31(28)36-35(26-10-8-7-9-11-26)32-14-12-27(18-33(32)42(36)22-29)37(46)39-50(47,48)40(4)5/h12-15,17-18,23-24,26,29,38H,7-11,16,19-22H2,1-6H3,(H,39,46)/t23-,24+,29?. The highest BCUT2D eigenvalue weighted by atomic mass is 32.2. The average molecular weight is 707 g/mol. The molecule has 0 spiro atoms. The van der Waals surface area contributed by atoms with E-state index >= 15 is 0 Å². The number of fused-ring (bicyclic) bond motifs is 5. The summed E-state index contributed by atoms with van der Waals surface area (Å²) in [6.07, 6.45) is 6.32. The molecule has 0 bridgehead atoms. The highest BCUT2D eigenvalue weighted by Crippen LogP contribution is 2.46. The SMILES string of the molecule is COc1ccc2c(c1)CC(NCC(=O)N1C[C@@H](C)N(C(C)=O)[C@@H](C)C1)Cn1c-2c(C2CCCCC2)c2ccc(C(=O)NS(=O)(=O)N(C)C)cc21. The number of piperazine rings is 1. The number of rotatable bonds is 8. The van der Waals surface area contributed by atoms with Gasteiger partial charge in [0.05, 0.1) is 19.3 Å². The van der Waals surface area contributed by atoms with Crippen LogP contribution in [0.15, 0.2) is 36.4 Å². The minimum absolute atomic E-state index is 0.0106. The lowest BCUT2D eigenvalue weighted by molar-refractivity contribution is -0.144. The molecule has 12 nitrogen and oxygen atoms in total. The van der Waals surface area contributed by atoms with Crippen LogP contribution in [-0.4, -0.2) is 104 Å². The summed E-state index contributed by atoms with van der Waals surface area (Å²) in [5, 5.41) is 4.64. The van der Waals surface area contributed by atoms with Crippen LogP contribution in [0.2, 0.25) is 0 Å².